The van der Waals surface area contributed by atoms with Gasteiger partial charge in [-0.3, -0.25) is 0 Å². The molecular formula is C16H13BrClNS. The van der Waals surface area contributed by atoms with Crippen LogP contribution in [-0.2, 0) is 0 Å². The van der Waals surface area contributed by atoms with Crippen LogP contribution in [0.1, 0.15) is 22.7 Å². The average Bonchev–Trinajstić information content (AvgIpc) is 2.86. The van der Waals surface area contributed by atoms with Crippen LogP contribution in [-0.4, -0.2) is 0 Å². The van der Waals surface area contributed by atoms with Gasteiger partial charge in [-0.1, -0.05) is 35.9 Å². The highest BCUT2D eigenvalue weighted by molar-refractivity contribution is 9.10. The third-order valence-corrected chi connectivity index (χ3v) is 5.85. The van der Waals surface area contributed by atoms with Gasteiger partial charge in [-0.25, -0.2) is 0 Å². The summed E-state index contributed by atoms with van der Waals surface area (Å²) in [4.78, 5) is 0. The lowest BCUT2D eigenvalue weighted by Crippen LogP contribution is -2.11. The Morgan fingerprint density at radius 2 is 2.05 bits per heavy atom. The van der Waals surface area contributed by atoms with Gasteiger partial charge in [0.15, 0.2) is 0 Å². The van der Waals surface area contributed by atoms with Crippen LogP contribution in [0.25, 0.3) is 10.1 Å². The van der Waals surface area contributed by atoms with E-state index in [-0.39, 0.29) is 6.04 Å². The quantitative estimate of drug-likeness (QED) is 0.621. The molecule has 1 aromatic heterocycles. The van der Waals surface area contributed by atoms with Crippen LogP contribution in [0.15, 0.2) is 46.3 Å². The first-order valence-electron chi connectivity index (χ1n) is 6.25. The monoisotopic (exact) mass is 365 g/mol. The van der Waals surface area contributed by atoms with Gasteiger partial charge in [-0.15, -0.1) is 11.3 Å². The minimum Gasteiger partial charge on any atom is -0.320 e. The zero-order chi connectivity index (χ0) is 14.3. The van der Waals surface area contributed by atoms with Gasteiger partial charge < -0.3 is 5.73 Å². The zero-order valence-corrected chi connectivity index (χ0v) is 14.0. The lowest BCUT2D eigenvalue weighted by atomic mass is 9.98. The second kappa shape index (κ2) is 5.49. The Kier molecular flexibility index (Phi) is 3.87. The summed E-state index contributed by atoms with van der Waals surface area (Å²) >= 11 is 11.4. The van der Waals surface area contributed by atoms with E-state index in [2.05, 4.69) is 39.5 Å². The molecule has 1 atom stereocenters. The predicted octanol–water partition coefficient (Wildman–Crippen LogP) is 5.67. The van der Waals surface area contributed by atoms with Crippen molar-refractivity contribution in [2.45, 2.75) is 13.0 Å². The molecule has 0 radical (unpaired) electrons. The smallest absolute Gasteiger partial charge is 0.0566 e. The van der Waals surface area contributed by atoms with Crippen molar-refractivity contribution in [1.82, 2.24) is 0 Å². The number of aryl methyl sites for hydroxylation is 1. The molecule has 1 nitrogen and oxygen atoms in total. The van der Waals surface area contributed by atoms with Gasteiger partial charge in [0.2, 0.25) is 0 Å². The molecule has 3 rings (SSSR count). The van der Waals surface area contributed by atoms with Crippen LogP contribution in [0, 0.1) is 6.92 Å². The molecule has 0 amide bonds. The molecule has 1 unspecified atom stereocenters. The summed E-state index contributed by atoms with van der Waals surface area (Å²) in [6.45, 7) is 2.00. The van der Waals surface area contributed by atoms with Gasteiger partial charge in [0.25, 0.3) is 0 Å². The highest BCUT2D eigenvalue weighted by Gasteiger charge is 2.15. The van der Waals surface area contributed by atoms with Gasteiger partial charge >= 0.3 is 0 Å². The molecule has 0 aliphatic carbocycles. The van der Waals surface area contributed by atoms with Crippen molar-refractivity contribution in [2.75, 3.05) is 0 Å². The zero-order valence-electron chi connectivity index (χ0n) is 10.9. The molecule has 0 aliphatic rings. The van der Waals surface area contributed by atoms with Crippen molar-refractivity contribution in [2.24, 2.45) is 5.73 Å². The van der Waals surface area contributed by atoms with Crippen LogP contribution < -0.4 is 5.73 Å². The molecule has 102 valence electrons. The third kappa shape index (κ3) is 2.40. The van der Waals surface area contributed by atoms with E-state index in [1.54, 1.807) is 11.3 Å². The summed E-state index contributed by atoms with van der Waals surface area (Å²) < 4.78 is 2.36. The van der Waals surface area contributed by atoms with Gasteiger partial charge in [-0.2, -0.15) is 0 Å². The number of hydrogen-bond donors (Lipinski definition) is 1. The first-order valence-corrected chi connectivity index (χ1v) is 8.30. The third-order valence-electron chi connectivity index (χ3n) is 3.46. The molecule has 0 spiro atoms. The number of thiophene rings is 1. The van der Waals surface area contributed by atoms with Gasteiger partial charge in [0.05, 0.1) is 6.04 Å². The second-order valence-electron chi connectivity index (χ2n) is 4.79. The minimum absolute atomic E-state index is 0.131. The summed E-state index contributed by atoms with van der Waals surface area (Å²) in [6, 6.07) is 12.1. The van der Waals surface area contributed by atoms with Gasteiger partial charge in [0, 0.05) is 14.2 Å². The Bertz CT molecular complexity index is 781. The second-order valence-corrected chi connectivity index (χ2v) is 6.94. The van der Waals surface area contributed by atoms with E-state index < -0.39 is 0 Å². The molecule has 1 heterocycles. The fraction of sp³-hybridized carbons (Fsp3) is 0.125. The predicted molar refractivity (Wildman–Crippen MR) is 91.7 cm³/mol. The molecule has 0 saturated heterocycles. The van der Waals surface area contributed by atoms with E-state index in [1.165, 1.54) is 10.1 Å². The lowest BCUT2D eigenvalue weighted by molar-refractivity contribution is 0.883. The topological polar surface area (TPSA) is 26.0 Å². The Hall–Kier alpha value is -0.870. The highest BCUT2D eigenvalue weighted by Crippen LogP contribution is 2.36. The Labute approximate surface area is 135 Å². The van der Waals surface area contributed by atoms with Gasteiger partial charge in [-0.05, 0) is 62.4 Å². The lowest BCUT2D eigenvalue weighted by Gasteiger charge is -2.13. The fourth-order valence-electron chi connectivity index (χ4n) is 2.32. The fourth-order valence-corrected chi connectivity index (χ4v) is 4.10. The van der Waals surface area contributed by atoms with Crippen molar-refractivity contribution in [3.8, 4) is 0 Å². The summed E-state index contributed by atoms with van der Waals surface area (Å²) in [5, 5.41) is 4.13. The summed E-state index contributed by atoms with van der Waals surface area (Å²) in [5.74, 6) is 0. The molecule has 0 bridgehead atoms. The Morgan fingerprint density at radius 3 is 2.80 bits per heavy atom. The molecule has 3 aromatic rings. The van der Waals surface area contributed by atoms with Crippen molar-refractivity contribution < 1.29 is 0 Å². The summed E-state index contributed by atoms with van der Waals surface area (Å²) in [6.07, 6.45) is 0. The van der Waals surface area contributed by atoms with E-state index in [9.17, 15) is 0 Å². The summed E-state index contributed by atoms with van der Waals surface area (Å²) in [5.41, 5.74) is 9.75. The van der Waals surface area contributed by atoms with Crippen molar-refractivity contribution in [1.29, 1.82) is 0 Å². The molecule has 0 aliphatic heterocycles. The molecule has 4 heteroatoms. The highest BCUT2D eigenvalue weighted by atomic mass is 79.9. The molecule has 2 aromatic carbocycles. The number of benzene rings is 2. The number of fused-ring (bicyclic) bond motifs is 1. The SMILES string of the molecule is Cc1cc(C(N)c2csc3c(Br)cccc23)ccc1Cl. The van der Waals surface area contributed by atoms with E-state index >= 15 is 0 Å². The van der Waals surface area contributed by atoms with Crippen LogP contribution in [0.2, 0.25) is 5.02 Å². The minimum atomic E-state index is -0.131. The maximum Gasteiger partial charge on any atom is 0.0566 e. The summed E-state index contributed by atoms with van der Waals surface area (Å²) in [7, 11) is 0. The number of halogens is 2. The van der Waals surface area contributed by atoms with Gasteiger partial charge in [0.1, 0.15) is 0 Å². The van der Waals surface area contributed by atoms with Crippen molar-refractivity contribution in [3.63, 3.8) is 0 Å². The Morgan fingerprint density at radius 1 is 1.25 bits per heavy atom. The van der Waals surface area contributed by atoms with E-state index in [0.717, 1.165) is 26.2 Å². The normalized spacial score (nSPS) is 12.8. The number of hydrogen-bond acceptors (Lipinski definition) is 2. The number of rotatable bonds is 2. The standard InChI is InChI=1S/C16H13BrClNS/c1-9-7-10(5-6-14(9)18)15(19)12-8-20-16-11(12)3-2-4-13(16)17/h2-8,15H,19H2,1H3. The maximum atomic E-state index is 6.44. The van der Waals surface area contributed by atoms with Crippen LogP contribution in [0.5, 0.6) is 0 Å². The first-order chi connectivity index (χ1) is 9.58. The van der Waals surface area contributed by atoms with Crippen molar-refractivity contribution >= 4 is 49.0 Å². The van der Waals surface area contributed by atoms with E-state index in [4.69, 9.17) is 17.3 Å². The van der Waals surface area contributed by atoms with E-state index in [1.807, 2.05) is 25.1 Å². The molecule has 0 fully saturated rings. The Balaban J connectivity index is 2.10. The van der Waals surface area contributed by atoms with E-state index in [0.29, 0.717) is 0 Å². The molecule has 0 saturated carbocycles. The largest absolute Gasteiger partial charge is 0.320 e. The van der Waals surface area contributed by atoms with Crippen molar-refractivity contribution in [3.05, 3.63) is 68.0 Å². The van der Waals surface area contributed by atoms with Crippen LogP contribution in [0.3, 0.4) is 0 Å². The number of nitrogens with two attached hydrogens (primary N) is 1. The molecule has 20 heavy (non-hydrogen) atoms. The van der Waals surface area contributed by atoms with Crippen LogP contribution >= 0.6 is 38.9 Å². The van der Waals surface area contributed by atoms with Crippen LogP contribution in [0.4, 0.5) is 0 Å². The maximum absolute atomic E-state index is 6.44. The first kappa shape index (κ1) is 14.1. The molecular weight excluding hydrogens is 354 g/mol. The molecule has 2 N–H and O–H groups in total. The average molecular weight is 367 g/mol.